The van der Waals surface area contributed by atoms with Crippen molar-refractivity contribution in [2.45, 2.75) is 38.8 Å². The van der Waals surface area contributed by atoms with Crippen LogP contribution in [0.1, 0.15) is 37.0 Å². The summed E-state index contributed by atoms with van der Waals surface area (Å²) in [6, 6.07) is 5.62. The molecule has 2 atom stereocenters. The van der Waals surface area contributed by atoms with Crippen molar-refractivity contribution in [3.63, 3.8) is 0 Å². The van der Waals surface area contributed by atoms with Crippen LogP contribution in [0, 0.1) is 0 Å². The van der Waals surface area contributed by atoms with E-state index in [1.807, 2.05) is 0 Å². The van der Waals surface area contributed by atoms with Crippen LogP contribution < -0.4 is 10.1 Å². The number of aliphatic carboxylic acids is 1. The van der Waals surface area contributed by atoms with Gasteiger partial charge in [-0.05, 0) is 38.0 Å². The van der Waals surface area contributed by atoms with Crippen molar-refractivity contribution in [1.29, 1.82) is 0 Å². The molecule has 1 heterocycles. The van der Waals surface area contributed by atoms with E-state index in [9.17, 15) is 19.5 Å². The van der Waals surface area contributed by atoms with Crippen molar-refractivity contribution in [2.24, 2.45) is 0 Å². The lowest BCUT2D eigenvalue weighted by Gasteiger charge is -2.27. The maximum atomic E-state index is 12.8. The summed E-state index contributed by atoms with van der Waals surface area (Å²) in [6.07, 6.45) is 2.03. The van der Waals surface area contributed by atoms with Gasteiger partial charge in [0, 0.05) is 32.2 Å². The molecule has 1 fully saturated rings. The van der Waals surface area contributed by atoms with Gasteiger partial charge in [-0.25, -0.2) is 4.79 Å². The number of carboxylic acids is 1. The lowest BCUT2D eigenvalue weighted by atomic mass is 10.1. The summed E-state index contributed by atoms with van der Waals surface area (Å²) >= 11 is 0. The lowest BCUT2D eigenvalue weighted by molar-refractivity contribution is -0.141. The van der Waals surface area contributed by atoms with Crippen molar-refractivity contribution in [3.05, 3.63) is 29.8 Å². The Kier molecular flexibility index (Phi) is 7.60. The highest BCUT2D eigenvalue weighted by atomic mass is 16.5. The van der Waals surface area contributed by atoms with Gasteiger partial charge >= 0.3 is 5.97 Å². The van der Waals surface area contributed by atoms with E-state index >= 15 is 0 Å². The van der Waals surface area contributed by atoms with E-state index < -0.39 is 17.9 Å². The Morgan fingerprint density at radius 3 is 2.81 bits per heavy atom. The molecule has 1 aromatic carbocycles. The maximum absolute atomic E-state index is 12.8. The average Bonchev–Trinajstić information content (AvgIpc) is 3.16. The number of benzene rings is 1. The highest BCUT2D eigenvalue weighted by molar-refractivity contribution is 5.97. The van der Waals surface area contributed by atoms with E-state index in [0.29, 0.717) is 17.9 Å². The number of amides is 2. The molecule has 1 aliphatic heterocycles. The fourth-order valence-electron chi connectivity index (χ4n) is 2.81. The number of hydrogen-bond acceptors (Lipinski definition) is 5. The topological polar surface area (TPSA) is 105 Å². The largest absolute Gasteiger partial charge is 0.491 e. The van der Waals surface area contributed by atoms with Crippen LogP contribution in [-0.2, 0) is 14.3 Å². The van der Waals surface area contributed by atoms with Gasteiger partial charge in [0.15, 0.2) is 0 Å². The highest BCUT2D eigenvalue weighted by Gasteiger charge is 2.26. The van der Waals surface area contributed by atoms with Crippen LogP contribution in [0.3, 0.4) is 0 Å². The van der Waals surface area contributed by atoms with Crippen molar-refractivity contribution in [3.8, 4) is 5.75 Å². The molecule has 8 nitrogen and oxygen atoms in total. The molecular formula is C19H26N2O6. The number of rotatable bonds is 9. The minimum absolute atomic E-state index is 0.0607. The molecule has 1 aromatic rings. The summed E-state index contributed by atoms with van der Waals surface area (Å²) in [6.45, 7) is 4.21. The van der Waals surface area contributed by atoms with Gasteiger partial charge in [-0.2, -0.15) is 0 Å². The second-order valence-corrected chi connectivity index (χ2v) is 6.47. The van der Waals surface area contributed by atoms with Crippen LogP contribution in [0.25, 0.3) is 0 Å². The van der Waals surface area contributed by atoms with Crippen LogP contribution in [0.5, 0.6) is 5.75 Å². The molecule has 2 amide bonds. The van der Waals surface area contributed by atoms with E-state index in [0.717, 1.165) is 19.4 Å². The van der Waals surface area contributed by atoms with Crippen molar-refractivity contribution in [1.82, 2.24) is 10.2 Å². The minimum Gasteiger partial charge on any atom is -0.491 e. The van der Waals surface area contributed by atoms with Gasteiger partial charge in [-0.3, -0.25) is 9.59 Å². The van der Waals surface area contributed by atoms with Gasteiger partial charge in [-0.1, -0.05) is 6.07 Å². The van der Waals surface area contributed by atoms with Crippen LogP contribution in [0.2, 0.25) is 0 Å². The summed E-state index contributed by atoms with van der Waals surface area (Å²) in [5.41, 5.74) is 0.329. The molecule has 0 aliphatic carbocycles. The number of carboxylic acid groups (broad SMARTS) is 1. The van der Waals surface area contributed by atoms with Crippen molar-refractivity contribution < 1.29 is 29.0 Å². The number of carbonyl (C=O) groups is 3. The van der Waals surface area contributed by atoms with Gasteiger partial charge < -0.3 is 24.8 Å². The third-order valence-corrected chi connectivity index (χ3v) is 4.35. The second kappa shape index (κ2) is 9.91. The first kappa shape index (κ1) is 20.7. The van der Waals surface area contributed by atoms with Gasteiger partial charge in [0.1, 0.15) is 18.4 Å². The van der Waals surface area contributed by atoms with Crippen LogP contribution in [0.4, 0.5) is 0 Å². The minimum atomic E-state index is -1.11. The number of nitrogens with zero attached hydrogens (tertiary/aromatic N) is 1. The number of ether oxygens (including phenoxy) is 2. The van der Waals surface area contributed by atoms with E-state index in [2.05, 4.69) is 5.32 Å². The highest BCUT2D eigenvalue weighted by Crippen LogP contribution is 2.19. The Morgan fingerprint density at radius 1 is 1.41 bits per heavy atom. The maximum Gasteiger partial charge on any atom is 0.326 e. The van der Waals surface area contributed by atoms with Gasteiger partial charge in [0.2, 0.25) is 5.91 Å². The number of carbonyl (C=O) groups excluding carboxylic acids is 2. The zero-order chi connectivity index (χ0) is 19.8. The zero-order valence-corrected chi connectivity index (χ0v) is 15.6. The first-order valence-corrected chi connectivity index (χ1v) is 9.01. The third-order valence-electron chi connectivity index (χ3n) is 4.35. The van der Waals surface area contributed by atoms with Gasteiger partial charge in [0.05, 0.1) is 6.10 Å². The molecule has 8 heteroatoms. The Labute approximate surface area is 158 Å². The Hall–Kier alpha value is -2.61. The summed E-state index contributed by atoms with van der Waals surface area (Å²) in [5, 5.41) is 11.9. The molecule has 2 unspecified atom stereocenters. The van der Waals surface area contributed by atoms with Crippen LogP contribution in [0.15, 0.2) is 24.3 Å². The fraction of sp³-hybridized carbons (Fsp3) is 0.526. The van der Waals surface area contributed by atoms with Crippen LogP contribution in [-0.4, -0.2) is 66.2 Å². The zero-order valence-electron chi connectivity index (χ0n) is 15.6. The summed E-state index contributed by atoms with van der Waals surface area (Å²) in [5.74, 6) is -1.26. The quantitative estimate of drug-likeness (QED) is 0.671. The molecule has 2 rings (SSSR count). The first-order chi connectivity index (χ1) is 12.9. The summed E-state index contributed by atoms with van der Waals surface area (Å²) in [7, 11) is 0. The van der Waals surface area contributed by atoms with Gasteiger partial charge in [-0.15, -0.1) is 0 Å². The fourth-order valence-corrected chi connectivity index (χ4v) is 2.81. The molecule has 1 saturated heterocycles. The molecular weight excluding hydrogens is 352 g/mol. The Balaban J connectivity index is 2.06. The predicted molar refractivity (Wildman–Crippen MR) is 97.7 cm³/mol. The SMILES string of the molecule is CC(=O)NCCN(C(=O)c1cccc(OCC2CCCO2)c1)C(C)C(=O)O. The number of hydrogen-bond donors (Lipinski definition) is 2. The molecule has 148 valence electrons. The molecule has 1 aliphatic rings. The van der Waals surface area contributed by atoms with E-state index in [1.54, 1.807) is 24.3 Å². The Bertz CT molecular complexity index is 672. The smallest absolute Gasteiger partial charge is 0.326 e. The third kappa shape index (κ3) is 6.25. The second-order valence-electron chi connectivity index (χ2n) is 6.47. The molecule has 0 saturated carbocycles. The standard InChI is InChI=1S/C19H26N2O6/c1-13(19(24)25)21(9-8-20-14(2)22)18(23)15-5-3-6-16(11-15)27-12-17-7-4-10-26-17/h3,5-6,11,13,17H,4,7-10,12H2,1-2H3,(H,20,22)(H,24,25). The monoisotopic (exact) mass is 378 g/mol. The van der Waals surface area contributed by atoms with Gasteiger partial charge in [0.25, 0.3) is 5.91 Å². The predicted octanol–water partition coefficient (Wildman–Crippen LogP) is 1.30. The summed E-state index contributed by atoms with van der Waals surface area (Å²) < 4.78 is 11.2. The molecule has 27 heavy (non-hydrogen) atoms. The van der Waals surface area contributed by atoms with E-state index in [1.165, 1.54) is 18.7 Å². The molecule has 0 radical (unpaired) electrons. The lowest BCUT2D eigenvalue weighted by Crippen LogP contribution is -2.46. The van der Waals surface area contributed by atoms with Crippen molar-refractivity contribution in [2.75, 3.05) is 26.3 Å². The molecule has 0 bridgehead atoms. The first-order valence-electron chi connectivity index (χ1n) is 9.01. The summed E-state index contributed by atoms with van der Waals surface area (Å²) in [4.78, 5) is 36.5. The molecule has 2 N–H and O–H groups in total. The molecule has 0 spiro atoms. The van der Waals surface area contributed by atoms with E-state index in [4.69, 9.17) is 9.47 Å². The normalized spacial score (nSPS) is 17.2. The van der Waals surface area contributed by atoms with E-state index in [-0.39, 0.29) is 25.1 Å². The number of nitrogens with one attached hydrogen (secondary N) is 1. The molecule has 0 aromatic heterocycles. The van der Waals surface area contributed by atoms with Crippen molar-refractivity contribution >= 4 is 17.8 Å². The van der Waals surface area contributed by atoms with Crippen LogP contribution >= 0.6 is 0 Å². The average molecular weight is 378 g/mol. The Morgan fingerprint density at radius 2 is 2.19 bits per heavy atom.